The van der Waals surface area contributed by atoms with Gasteiger partial charge in [-0.05, 0) is 90.8 Å². The highest BCUT2D eigenvalue weighted by molar-refractivity contribution is 5.75. The Labute approximate surface area is 306 Å². The van der Waals surface area contributed by atoms with Gasteiger partial charge in [0.15, 0.2) is 0 Å². The molecule has 4 N–H and O–H groups in total. The molecule has 0 spiro atoms. The number of hydrogen-bond donors (Lipinski definition) is 4. The van der Waals surface area contributed by atoms with Gasteiger partial charge >= 0.3 is 12.1 Å². The Morgan fingerprint density at radius 3 is 2.27 bits per heavy atom. The number of carbonyl (C=O) groups is 3. The molecule has 0 aromatic rings. The summed E-state index contributed by atoms with van der Waals surface area (Å²) in [6, 6.07) is 0. The Balaban J connectivity index is 2.13. The predicted octanol–water partition coefficient (Wildman–Crippen LogP) is 4.56. The highest BCUT2D eigenvalue weighted by Crippen LogP contribution is 2.38. The normalized spacial score (nSPS) is 24.7. The van der Waals surface area contributed by atoms with E-state index in [0.717, 1.165) is 26.1 Å². The fraction of sp³-hybridized carbons (Fsp3) is 0.821. The molecule has 12 heteroatoms. The molecule has 2 fully saturated rings. The van der Waals surface area contributed by atoms with Crippen molar-refractivity contribution in [1.82, 2.24) is 9.80 Å². The molecule has 51 heavy (non-hydrogen) atoms. The number of aliphatic hydroxyl groups is 4. The summed E-state index contributed by atoms with van der Waals surface area (Å²) in [5.41, 5.74) is -1.76. The van der Waals surface area contributed by atoms with Crippen molar-refractivity contribution >= 4 is 17.8 Å². The molecular formula is C39H68N2O10. The number of ether oxygens (including phenoxy) is 3. The molecule has 1 amide bonds. The van der Waals surface area contributed by atoms with Gasteiger partial charge in [-0.1, -0.05) is 45.9 Å². The molecule has 0 bridgehead atoms. The van der Waals surface area contributed by atoms with Crippen LogP contribution in [0, 0.1) is 11.8 Å². The number of ketones is 1. The lowest BCUT2D eigenvalue weighted by molar-refractivity contribution is -0.165. The van der Waals surface area contributed by atoms with Crippen molar-refractivity contribution in [2.75, 3.05) is 32.7 Å². The standard InChI is InChI=1S/C39H68N2O10/c1-10-32(45)29(6)36-33(50-36)25-38(8,48)18-12-14-26(3)35(46)27(4)15-16-34(49-30(7)43)39(9,19-17-31(44)24-28(5)42)51-37(47)41-21-13-20-40(11-2)22-23-41/h12,14,18,27,29,31-36,44-46,48H,10-11,13,15-17,19-25H2,1-9H3/b18-12+,26-14+. The molecule has 0 aromatic heterocycles. The molecule has 0 saturated carbocycles. The largest absolute Gasteiger partial charge is 0.458 e. The smallest absolute Gasteiger partial charge is 0.410 e. The predicted molar refractivity (Wildman–Crippen MR) is 196 cm³/mol. The van der Waals surface area contributed by atoms with Gasteiger partial charge in [0.1, 0.15) is 17.5 Å². The lowest BCUT2D eigenvalue weighted by atomic mass is 9.85. The molecular weight excluding hydrogens is 656 g/mol. The Bertz CT molecular complexity index is 1170. The van der Waals surface area contributed by atoms with Crippen molar-refractivity contribution in [2.24, 2.45) is 11.8 Å². The molecule has 2 heterocycles. The van der Waals surface area contributed by atoms with Gasteiger partial charge in [0, 0.05) is 45.3 Å². The zero-order chi connectivity index (χ0) is 38.5. The Kier molecular flexibility index (Phi) is 18.3. The fourth-order valence-electron chi connectivity index (χ4n) is 6.96. The van der Waals surface area contributed by atoms with Crippen LogP contribution in [0.15, 0.2) is 23.8 Å². The van der Waals surface area contributed by atoms with Gasteiger partial charge in [0.2, 0.25) is 0 Å². The number of epoxide rings is 1. The number of esters is 1. The maximum absolute atomic E-state index is 13.6. The summed E-state index contributed by atoms with van der Waals surface area (Å²) >= 11 is 0. The summed E-state index contributed by atoms with van der Waals surface area (Å²) in [5.74, 6) is -0.973. The third-order valence-electron chi connectivity index (χ3n) is 10.6. The number of allylic oxidation sites excluding steroid dienone is 2. The summed E-state index contributed by atoms with van der Waals surface area (Å²) in [6.45, 7) is 19.3. The zero-order valence-electron chi connectivity index (χ0n) is 32.7. The SMILES string of the molecule is CCC(O)C(C)C1OC1CC(C)(O)/C=C/C=C(\C)C(O)C(C)CCC(OC(C)=O)C(C)(CCC(O)CC(C)=O)OC(=O)N1CCCN(CC)CC1. The van der Waals surface area contributed by atoms with Gasteiger partial charge in [0.25, 0.3) is 0 Å². The van der Waals surface area contributed by atoms with Crippen LogP contribution >= 0.6 is 0 Å². The number of carbonyl (C=O) groups excluding carboxylic acids is 3. The van der Waals surface area contributed by atoms with Gasteiger partial charge in [-0.15, -0.1) is 0 Å². The number of Topliss-reactive ketones (excluding diaryl/α,β-unsaturated/α-hetero) is 1. The highest BCUT2D eigenvalue weighted by Gasteiger charge is 2.47. The molecule has 10 unspecified atom stereocenters. The average molecular weight is 725 g/mol. The molecule has 0 radical (unpaired) electrons. The highest BCUT2D eigenvalue weighted by atomic mass is 16.6. The van der Waals surface area contributed by atoms with Crippen molar-refractivity contribution in [3.8, 4) is 0 Å². The van der Waals surface area contributed by atoms with Crippen LogP contribution in [0.25, 0.3) is 0 Å². The summed E-state index contributed by atoms with van der Waals surface area (Å²) < 4.78 is 17.7. The Hall–Kier alpha value is -2.35. The maximum atomic E-state index is 13.6. The van der Waals surface area contributed by atoms with E-state index in [4.69, 9.17) is 14.2 Å². The van der Waals surface area contributed by atoms with E-state index in [2.05, 4.69) is 11.8 Å². The summed E-state index contributed by atoms with van der Waals surface area (Å²) in [4.78, 5) is 41.5. The second kappa shape index (κ2) is 20.8. The van der Waals surface area contributed by atoms with Gasteiger partial charge in [-0.25, -0.2) is 4.79 Å². The monoisotopic (exact) mass is 724 g/mol. The first-order valence-electron chi connectivity index (χ1n) is 19.0. The minimum atomic E-state index is -1.31. The van der Waals surface area contributed by atoms with Crippen molar-refractivity contribution in [1.29, 1.82) is 0 Å². The minimum absolute atomic E-state index is 0.00598. The lowest BCUT2D eigenvalue weighted by Crippen LogP contribution is -2.50. The van der Waals surface area contributed by atoms with Crippen LogP contribution in [0.4, 0.5) is 4.79 Å². The number of nitrogens with zero attached hydrogens (tertiary/aromatic N) is 2. The number of rotatable bonds is 21. The molecule has 294 valence electrons. The van der Waals surface area contributed by atoms with E-state index in [0.29, 0.717) is 37.9 Å². The minimum Gasteiger partial charge on any atom is -0.458 e. The molecule has 2 rings (SSSR count). The van der Waals surface area contributed by atoms with Crippen LogP contribution in [0.5, 0.6) is 0 Å². The number of hydrogen-bond acceptors (Lipinski definition) is 11. The lowest BCUT2D eigenvalue weighted by Gasteiger charge is -2.39. The van der Waals surface area contributed by atoms with Crippen LogP contribution in [0.1, 0.15) is 114 Å². The first-order valence-corrected chi connectivity index (χ1v) is 19.0. The van der Waals surface area contributed by atoms with Crippen LogP contribution in [-0.2, 0) is 23.8 Å². The molecule has 2 aliphatic rings. The zero-order valence-corrected chi connectivity index (χ0v) is 32.7. The van der Waals surface area contributed by atoms with Crippen LogP contribution in [-0.4, -0.2) is 129 Å². The fourth-order valence-corrected chi connectivity index (χ4v) is 6.96. The van der Waals surface area contributed by atoms with Gasteiger partial charge < -0.3 is 44.4 Å². The van der Waals surface area contributed by atoms with E-state index in [1.807, 2.05) is 20.8 Å². The van der Waals surface area contributed by atoms with Crippen LogP contribution < -0.4 is 0 Å². The topological polar surface area (TPSA) is 170 Å². The summed E-state index contributed by atoms with van der Waals surface area (Å²) in [7, 11) is 0. The number of amides is 1. The summed E-state index contributed by atoms with van der Waals surface area (Å²) in [5, 5.41) is 42.8. The van der Waals surface area contributed by atoms with E-state index >= 15 is 0 Å². The Morgan fingerprint density at radius 2 is 1.67 bits per heavy atom. The van der Waals surface area contributed by atoms with E-state index in [1.54, 1.807) is 43.9 Å². The van der Waals surface area contributed by atoms with Gasteiger partial charge in [-0.3, -0.25) is 9.59 Å². The van der Waals surface area contributed by atoms with E-state index in [1.165, 1.54) is 13.8 Å². The van der Waals surface area contributed by atoms with E-state index < -0.39 is 47.7 Å². The second-order valence-corrected chi connectivity index (χ2v) is 15.5. The van der Waals surface area contributed by atoms with Crippen molar-refractivity contribution in [3.05, 3.63) is 23.8 Å². The van der Waals surface area contributed by atoms with Crippen LogP contribution in [0.3, 0.4) is 0 Å². The summed E-state index contributed by atoms with van der Waals surface area (Å²) in [6.07, 6.45) is 4.19. The van der Waals surface area contributed by atoms with Crippen LogP contribution in [0.2, 0.25) is 0 Å². The van der Waals surface area contributed by atoms with E-state index in [9.17, 15) is 34.8 Å². The number of aliphatic hydroxyl groups excluding tert-OH is 3. The van der Waals surface area contributed by atoms with Gasteiger partial charge in [-0.2, -0.15) is 0 Å². The molecule has 12 nitrogen and oxygen atoms in total. The van der Waals surface area contributed by atoms with Crippen molar-refractivity contribution < 1.29 is 49.0 Å². The molecule has 0 aromatic carbocycles. The molecule has 2 saturated heterocycles. The first-order chi connectivity index (χ1) is 23.8. The third kappa shape index (κ3) is 15.3. The maximum Gasteiger partial charge on any atom is 0.410 e. The average Bonchev–Trinajstić information content (AvgIpc) is 3.85. The molecule has 2 aliphatic heterocycles. The quantitative estimate of drug-likeness (QED) is 0.0744. The van der Waals surface area contributed by atoms with Crippen molar-refractivity contribution in [2.45, 2.75) is 162 Å². The third-order valence-corrected chi connectivity index (χ3v) is 10.6. The second-order valence-electron chi connectivity index (χ2n) is 15.5. The molecule has 10 atom stereocenters. The number of likely N-dealkylation sites (N-methyl/N-ethyl adjacent to an activating group) is 1. The van der Waals surface area contributed by atoms with E-state index in [-0.39, 0.29) is 55.5 Å². The first kappa shape index (κ1) is 44.8. The molecule has 0 aliphatic carbocycles. The Morgan fingerprint density at radius 1 is 0.980 bits per heavy atom. The van der Waals surface area contributed by atoms with Crippen molar-refractivity contribution in [3.63, 3.8) is 0 Å². The van der Waals surface area contributed by atoms with Gasteiger partial charge in [0.05, 0.1) is 36.1 Å².